The number of hydrogen-bond acceptors (Lipinski definition) is 2. The normalized spacial score (nSPS) is 13.7. The van der Waals surface area contributed by atoms with Crippen molar-refractivity contribution in [3.8, 4) is 0 Å². The summed E-state index contributed by atoms with van der Waals surface area (Å²) in [5.41, 5.74) is 2.68. The van der Waals surface area contributed by atoms with Crippen LogP contribution in [0.2, 0.25) is 0 Å². The van der Waals surface area contributed by atoms with Crippen LogP contribution in [0.3, 0.4) is 0 Å². The number of alkyl halides is 1. The second-order valence-corrected chi connectivity index (χ2v) is 4.71. The van der Waals surface area contributed by atoms with E-state index in [1.807, 2.05) is 18.2 Å². The van der Waals surface area contributed by atoms with E-state index < -0.39 is 0 Å². The lowest BCUT2D eigenvalue weighted by atomic mass is 10.1. The molecule has 0 bridgehead atoms. The van der Waals surface area contributed by atoms with Crippen LogP contribution in [0, 0.1) is 0 Å². The zero-order chi connectivity index (χ0) is 13.3. The van der Waals surface area contributed by atoms with Crippen LogP contribution in [0.4, 0.5) is 11.4 Å². The molecule has 0 saturated heterocycles. The predicted molar refractivity (Wildman–Crippen MR) is 72.3 cm³/mol. The number of likely N-dealkylation sites (N-methyl/N-ethyl adjacent to an activating group) is 1. The molecule has 1 aromatic rings. The lowest BCUT2D eigenvalue weighted by Crippen LogP contribution is -2.26. The predicted octanol–water partition coefficient (Wildman–Crippen LogP) is 1.80. The zero-order valence-electron chi connectivity index (χ0n) is 10.4. The Labute approximate surface area is 111 Å². The van der Waals surface area contributed by atoms with Crippen molar-refractivity contribution in [2.24, 2.45) is 0 Å². The van der Waals surface area contributed by atoms with Gasteiger partial charge in [0.1, 0.15) is 0 Å². The van der Waals surface area contributed by atoms with Crippen LogP contribution in [-0.4, -0.2) is 31.8 Å². The fourth-order valence-corrected chi connectivity index (χ4v) is 2.22. The highest BCUT2D eigenvalue weighted by molar-refractivity contribution is 6.19. The molecule has 1 aliphatic heterocycles. The standard InChI is InChI=1S/C13H15ClN2O2/c1-15(12(17)5-6-14)10-3-4-11-9(7-10)8-13(18)16(11)2/h3-4,7H,5-6,8H2,1-2H3. The summed E-state index contributed by atoms with van der Waals surface area (Å²) in [5.74, 6) is 0.370. The van der Waals surface area contributed by atoms with E-state index in [0.717, 1.165) is 16.9 Å². The van der Waals surface area contributed by atoms with Crippen molar-refractivity contribution in [1.29, 1.82) is 0 Å². The van der Waals surface area contributed by atoms with Crippen molar-refractivity contribution in [3.63, 3.8) is 0 Å². The van der Waals surface area contributed by atoms with Crippen LogP contribution in [0.25, 0.3) is 0 Å². The van der Waals surface area contributed by atoms with Gasteiger partial charge >= 0.3 is 0 Å². The van der Waals surface area contributed by atoms with Crippen molar-refractivity contribution in [3.05, 3.63) is 23.8 Å². The van der Waals surface area contributed by atoms with E-state index in [1.165, 1.54) is 0 Å². The quantitative estimate of drug-likeness (QED) is 0.783. The molecule has 0 aliphatic carbocycles. The number of fused-ring (bicyclic) bond motifs is 1. The zero-order valence-corrected chi connectivity index (χ0v) is 11.2. The van der Waals surface area contributed by atoms with Crippen LogP contribution in [-0.2, 0) is 16.0 Å². The molecule has 5 heteroatoms. The Kier molecular flexibility index (Phi) is 3.57. The van der Waals surface area contributed by atoms with Gasteiger partial charge in [0.05, 0.1) is 6.42 Å². The van der Waals surface area contributed by atoms with E-state index in [9.17, 15) is 9.59 Å². The number of carbonyl (C=O) groups is 2. The highest BCUT2D eigenvalue weighted by atomic mass is 35.5. The minimum atomic E-state index is -0.0253. The summed E-state index contributed by atoms with van der Waals surface area (Å²) < 4.78 is 0. The molecule has 0 spiro atoms. The van der Waals surface area contributed by atoms with E-state index in [0.29, 0.717) is 18.7 Å². The van der Waals surface area contributed by atoms with Gasteiger partial charge in [-0.2, -0.15) is 0 Å². The highest BCUT2D eigenvalue weighted by Crippen LogP contribution is 2.31. The molecule has 0 saturated carbocycles. The second-order valence-electron chi connectivity index (χ2n) is 4.33. The topological polar surface area (TPSA) is 40.6 Å². The summed E-state index contributed by atoms with van der Waals surface area (Å²) in [5, 5.41) is 0. The Balaban J connectivity index is 2.25. The van der Waals surface area contributed by atoms with Gasteiger partial charge in [-0.3, -0.25) is 9.59 Å². The summed E-state index contributed by atoms with van der Waals surface area (Å²) in [7, 11) is 3.48. The number of amides is 2. The molecule has 18 heavy (non-hydrogen) atoms. The Morgan fingerprint density at radius 3 is 2.89 bits per heavy atom. The highest BCUT2D eigenvalue weighted by Gasteiger charge is 2.24. The molecule has 2 amide bonds. The first-order valence-electron chi connectivity index (χ1n) is 5.76. The number of rotatable bonds is 3. The van der Waals surface area contributed by atoms with Gasteiger partial charge in [0.25, 0.3) is 0 Å². The average molecular weight is 267 g/mol. The molecule has 1 heterocycles. The fraction of sp³-hybridized carbons (Fsp3) is 0.385. The third-order valence-electron chi connectivity index (χ3n) is 3.21. The monoisotopic (exact) mass is 266 g/mol. The first-order chi connectivity index (χ1) is 8.54. The molecule has 0 fully saturated rings. The minimum Gasteiger partial charge on any atom is -0.315 e. The number of nitrogens with zero attached hydrogens (tertiary/aromatic N) is 2. The van der Waals surface area contributed by atoms with E-state index in [-0.39, 0.29) is 11.8 Å². The first kappa shape index (κ1) is 12.9. The van der Waals surface area contributed by atoms with E-state index in [1.54, 1.807) is 23.9 Å². The first-order valence-corrected chi connectivity index (χ1v) is 6.30. The molecule has 0 aromatic heterocycles. The maximum Gasteiger partial charge on any atom is 0.231 e. The maximum atomic E-state index is 11.7. The van der Waals surface area contributed by atoms with Gasteiger partial charge in [-0.05, 0) is 23.8 Å². The van der Waals surface area contributed by atoms with Crippen LogP contribution in [0.5, 0.6) is 0 Å². The Morgan fingerprint density at radius 1 is 1.50 bits per heavy atom. The van der Waals surface area contributed by atoms with Crippen LogP contribution in [0.15, 0.2) is 18.2 Å². The largest absolute Gasteiger partial charge is 0.315 e. The van der Waals surface area contributed by atoms with Gasteiger partial charge < -0.3 is 9.80 Å². The van der Waals surface area contributed by atoms with Gasteiger partial charge in [-0.1, -0.05) is 0 Å². The third-order valence-corrected chi connectivity index (χ3v) is 3.40. The smallest absolute Gasteiger partial charge is 0.231 e. The van der Waals surface area contributed by atoms with Gasteiger partial charge in [-0.15, -0.1) is 11.6 Å². The van der Waals surface area contributed by atoms with Crippen molar-refractivity contribution < 1.29 is 9.59 Å². The number of carbonyl (C=O) groups excluding carboxylic acids is 2. The molecule has 0 atom stereocenters. The Hall–Kier alpha value is -1.55. The minimum absolute atomic E-state index is 0.0253. The molecule has 2 rings (SSSR count). The van der Waals surface area contributed by atoms with Crippen molar-refractivity contribution in [1.82, 2.24) is 0 Å². The lowest BCUT2D eigenvalue weighted by molar-refractivity contribution is -0.118. The van der Waals surface area contributed by atoms with E-state index >= 15 is 0 Å². The lowest BCUT2D eigenvalue weighted by Gasteiger charge is -2.18. The van der Waals surface area contributed by atoms with Gasteiger partial charge in [0, 0.05) is 37.8 Å². The molecule has 0 N–H and O–H groups in total. The second kappa shape index (κ2) is 4.98. The SMILES string of the molecule is CN(C(=O)CCCl)c1ccc2c(c1)CC(=O)N2C. The van der Waals surface area contributed by atoms with Crippen LogP contribution < -0.4 is 9.80 Å². The van der Waals surface area contributed by atoms with Gasteiger partial charge in [-0.25, -0.2) is 0 Å². The summed E-state index contributed by atoms with van der Waals surface area (Å²) in [6.07, 6.45) is 0.713. The molecule has 96 valence electrons. The van der Waals surface area contributed by atoms with Crippen molar-refractivity contribution in [2.75, 3.05) is 29.8 Å². The average Bonchev–Trinajstić information content (AvgIpc) is 2.64. The molecular weight excluding hydrogens is 252 g/mol. The van der Waals surface area contributed by atoms with Crippen molar-refractivity contribution >= 4 is 34.8 Å². The van der Waals surface area contributed by atoms with Crippen LogP contribution >= 0.6 is 11.6 Å². The molecule has 0 radical (unpaired) electrons. The van der Waals surface area contributed by atoms with Crippen molar-refractivity contribution in [2.45, 2.75) is 12.8 Å². The Bertz CT molecular complexity index is 502. The number of benzene rings is 1. The summed E-state index contributed by atoms with van der Waals surface area (Å²) in [6, 6.07) is 5.61. The number of anilines is 2. The summed E-state index contributed by atoms with van der Waals surface area (Å²) >= 11 is 5.56. The maximum absolute atomic E-state index is 11.7. The number of halogens is 1. The van der Waals surface area contributed by atoms with E-state index in [4.69, 9.17) is 11.6 Å². The van der Waals surface area contributed by atoms with Crippen LogP contribution in [0.1, 0.15) is 12.0 Å². The van der Waals surface area contributed by atoms with E-state index in [2.05, 4.69) is 0 Å². The summed E-state index contributed by atoms with van der Waals surface area (Å²) in [6.45, 7) is 0. The molecular formula is C13H15ClN2O2. The molecule has 4 nitrogen and oxygen atoms in total. The summed E-state index contributed by atoms with van der Waals surface area (Å²) in [4.78, 5) is 26.5. The molecule has 0 unspecified atom stereocenters. The molecule has 1 aliphatic rings. The van der Waals surface area contributed by atoms with Gasteiger partial charge in [0.15, 0.2) is 0 Å². The fourth-order valence-electron chi connectivity index (χ4n) is 2.06. The number of hydrogen-bond donors (Lipinski definition) is 0. The third kappa shape index (κ3) is 2.20. The van der Waals surface area contributed by atoms with Gasteiger partial charge in [0.2, 0.25) is 11.8 Å². The Morgan fingerprint density at radius 2 is 2.22 bits per heavy atom. The molecule has 1 aromatic carbocycles.